The molecule has 0 saturated carbocycles. The average Bonchev–Trinajstić information content (AvgIpc) is 2.60. The van der Waals surface area contributed by atoms with Crippen LogP contribution >= 0.6 is 0 Å². The van der Waals surface area contributed by atoms with Crippen molar-refractivity contribution < 1.29 is 9.47 Å². The number of aliphatic imine (C=N–C) groups is 1. The first-order valence-corrected chi connectivity index (χ1v) is 7.98. The first-order chi connectivity index (χ1) is 11.3. The molecule has 0 aromatic heterocycles. The Kier molecular flexibility index (Phi) is 7.20. The molecule has 0 spiro atoms. The maximum atomic E-state index is 5.89. The molecule has 23 heavy (non-hydrogen) atoms. The van der Waals surface area contributed by atoms with Crippen molar-refractivity contribution in [3.63, 3.8) is 0 Å². The Hall–Kier alpha value is -2.27. The number of ether oxygens (including phenoxy) is 2. The summed E-state index contributed by atoms with van der Waals surface area (Å²) in [5.41, 5.74) is 0. The predicted octanol–water partition coefficient (Wildman–Crippen LogP) is 2.42. The third-order valence-electron chi connectivity index (χ3n) is 3.37. The summed E-state index contributed by atoms with van der Waals surface area (Å²) in [7, 11) is 1.75. The number of benzene rings is 2. The summed E-state index contributed by atoms with van der Waals surface area (Å²) in [6.07, 6.45) is 0. The average molecular weight is 315 g/mol. The monoisotopic (exact) mass is 315 g/mol. The Balaban J connectivity index is 1.76. The molecular weight excluding hydrogens is 290 g/mol. The van der Waals surface area contributed by atoms with Gasteiger partial charge >= 0.3 is 0 Å². The fourth-order valence-corrected chi connectivity index (χ4v) is 2.26. The van der Waals surface area contributed by atoms with Gasteiger partial charge in [0.25, 0.3) is 0 Å². The minimum Gasteiger partial charge on any atom is -0.491 e. The van der Waals surface area contributed by atoms with Gasteiger partial charge in [0.15, 0.2) is 5.96 Å². The number of rotatable bonds is 8. The normalized spacial score (nSPS) is 11.5. The summed E-state index contributed by atoms with van der Waals surface area (Å²) in [4.78, 5) is 4.16. The zero-order valence-electron chi connectivity index (χ0n) is 13.8. The molecule has 0 unspecified atom stereocenters. The van der Waals surface area contributed by atoms with E-state index in [0.29, 0.717) is 19.8 Å². The van der Waals surface area contributed by atoms with Gasteiger partial charge in [-0.3, -0.25) is 4.99 Å². The fourth-order valence-electron chi connectivity index (χ4n) is 2.26. The highest BCUT2D eigenvalue weighted by Crippen LogP contribution is 2.24. The lowest BCUT2D eigenvalue weighted by atomic mass is 10.1. The molecule has 2 aromatic carbocycles. The maximum Gasteiger partial charge on any atom is 0.191 e. The first kappa shape index (κ1) is 17.1. The number of fused-ring (bicyclic) bond motifs is 1. The lowest BCUT2D eigenvalue weighted by molar-refractivity contribution is 0.152. The standard InChI is InChI=1S/C18H25N3O2/c1-3-22-13-11-20-18(19-2)21-12-14-23-17-10-6-8-15-7-4-5-9-16(15)17/h4-10H,3,11-14H2,1-2H3,(H2,19,20,21). The third kappa shape index (κ3) is 5.45. The van der Waals surface area contributed by atoms with Crippen molar-refractivity contribution in [3.8, 4) is 5.75 Å². The third-order valence-corrected chi connectivity index (χ3v) is 3.37. The second-order valence-corrected chi connectivity index (χ2v) is 4.95. The Morgan fingerprint density at radius 1 is 1.00 bits per heavy atom. The van der Waals surface area contributed by atoms with Crippen LogP contribution in [0, 0.1) is 0 Å². The number of nitrogens with zero attached hydrogens (tertiary/aromatic N) is 1. The van der Waals surface area contributed by atoms with Crippen molar-refractivity contribution >= 4 is 16.7 Å². The fraction of sp³-hybridized carbons (Fsp3) is 0.389. The predicted molar refractivity (Wildman–Crippen MR) is 95.3 cm³/mol. The van der Waals surface area contributed by atoms with Crippen LogP contribution < -0.4 is 15.4 Å². The topological polar surface area (TPSA) is 54.9 Å². The van der Waals surface area contributed by atoms with Gasteiger partial charge < -0.3 is 20.1 Å². The molecule has 0 bridgehead atoms. The number of nitrogens with one attached hydrogen (secondary N) is 2. The number of guanidine groups is 1. The van der Waals surface area contributed by atoms with Gasteiger partial charge in [0, 0.05) is 25.6 Å². The molecule has 0 aliphatic rings. The zero-order chi connectivity index (χ0) is 16.3. The molecule has 0 fully saturated rings. The van der Waals surface area contributed by atoms with E-state index in [4.69, 9.17) is 9.47 Å². The second-order valence-electron chi connectivity index (χ2n) is 4.95. The summed E-state index contributed by atoms with van der Waals surface area (Å²) in [6, 6.07) is 14.3. The van der Waals surface area contributed by atoms with Crippen LogP contribution in [0.3, 0.4) is 0 Å². The van der Waals surface area contributed by atoms with Crippen LogP contribution in [-0.4, -0.2) is 45.9 Å². The first-order valence-electron chi connectivity index (χ1n) is 7.98. The van der Waals surface area contributed by atoms with Crippen molar-refractivity contribution in [1.82, 2.24) is 10.6 Å². The van der Waals surface area contributed by atoms with Gasteiger partial charge in [0.2, 0.25) is 0 Å². The van der Waals surface area contributed by atoms with Gasteiger partial charge in [-0.1, -0.05) is 36.4 Å². The van der Waals surface area contributed by atoms with E-state index in [0.717, 1.165) is 30.2 Å². The van der Waals surface area contributed by atoms with E-state index in [2.05, 4.69) is 33.8 Å². The molecule has 0 heterocycles. The molecule has 124 valence electrons. The van der Waals surface area contributed by atoms with Crippen LogP contribution in [0.2, 0.25) is 0 Å². The smallest absolute Gasteiger partial charge is 0.191 e. The molecule has 2 rings (SSSR count). The SMILES string of the molecule is CCOCCNC(=NC)NCCOc1cccc2ccccc12. The molecule has 0 aliphatic heterocycles. The molecule has 2 aromatic rings. The van der Waals surface area contributed by atoms with Crippen LogP contribution in [0.5, 0.6) is 5.75 Å². The second kappa shape index (κ2) is 9.69. The van der Waals surface area contributed by atoms with E-state index in [9.17, 15) is 0 Å². The van der Waals surface area contributed by atoms with Crippen LogP contribution in [0.25, 0.3) is 10.8 Å². The Morgan fingerprint density at radius 2 is 1.74 bits per heavy atom. The quantitative estimate of drug-likeness (QED) is 0.446. The highest BCUT2D eigenvalue weighted by molar-refractivity contribution is 5.88. The molecule has 0 radical (unpaired) electrons. The van der Waals surface area contributed by atoms with Gasteiger partial charge in [-0.25, -0.2) is 0 Å². The molecule has 0 saturated heterocycles. The zero-order valence-corrected chi connectivity index (χ0v) is 13.8. The van der Waals surface area contributed by atoms with Gasteiger partial charge in [-0.05, 0) is 18.4 Å². The van der Waals surface area contributed by atoms with Gasteiger partial charge in [0.05, 0.1) is 13.2 Å². The van der Waals surface area contributed by atoms with Crippen molar-refractivity contribution in [3.05, 3.63) is 42.5 Å². The van der Waals surface area contributed by atoms with E-state index in [-0.39, 0.29) is 0 Å². The maximum absolute atomic E-state index is 5.89. The van der Waals surface area contributed by atoms with Crippen molar-refractivity contribution in [2.75, 3.05) is 40.0 Å². The molecule has 0 amide bonds. The van der Waals surface area contributed by atoms with Crippen molar-refractivity contribution in [2.45, 2.75) is 6.92 Å². The van der Waals surface area contributed by atoms with E-state index < -0.39 is 0 Å². The number of hydrogen-bond donors (Lipinski definition) is 2. The molecule has 0 aliphatic carbocycles. The lowest BCUT2D eigenvalue weighted by Gasteiger charge is -2.13. The summed E-state index contributed by atoms with van der Waals surface area (Å²) in [5.74, 6) is 1.66. The largest absolute Gasteiger partial charge is 0.491 e. The van der Waals surface area contributed by atoms with E-state index in [1.807, 2.05) is 31.2 Å². The Bertz CT molecular complexity index is 623. The van der Waals surface area contributed by atoms with E-state index in [1.54, 1.807) is 7.05 Å². The summed E-state index contributed by atoms with van der Waals surface area (Å²) in [6.45, 7) is 5.36. The molecule has 5 heteroatoms. The Labute approximate surface area is 137 Å². The summed E-state index contributed by atoms with van der Waals surface area (Å²) < 4.78 is 11.2. The Morgan fingerprint density at radius 3 is 2.52 bits per heavy atom. The summed E-state index contributed by atoms with van der Waals surface area (Å²) >= 11 is 0. The van der Waals surface area contributed by atoms with Crippen LogP contribution in [0.15, 0.2) is 47.5 Å². The minimum atomic E-state index is 0.570. The molecule has 0 atom stereocenters. The highest BCUT2D eigenvalue weighted by atomic mass is 16.5. The molecule has 2 N–H and O–H groups in total. The van der Waals surface area contributed by atoms with E-state index in [1.165, 1.54) is 5.39 Å². The van der Waals surface area contributed by atoms with Crippen LogP contribution in [0.1, 0.15) is 6.92 Å². The summed E-state index contributed by atoms with van der Waals surface area (Å²) in [5, 5.41) is 8.73. The van der Waals surface area contributed by atoms with E-state index >= 15 is 0 Å². The number of hydrogen-bond acceptors (Lipinski definition) is 3. The minimum absolute atomic E-state index is 0.570. The van der Waals surface area contributed by atoms with Gasteiger partial charge in [0.1, 0.15) is 12.4 Å². The molecule has 5 nitrogen and oxygen atoms in total. The van der Waals surface area contributed by atoms with Crippen molar-refractivity contribution in [1.29, 1.82) is 0 Å². The van der Waals surface area contributed by atoms with Crippen LogP contribution in [-0.2, 0) is 4.74 Å². The lowest BCUT2D eigenvalue weighted by Crippen LogP contribution is -2.40. The van der Waals surface area contributed by atoms with Gasteiger partial charge in [-0.15, -0.1) is 0 Å². The highest BCUT2D eigenvalue weighted by Gasteiger charge is 2.01. The van der Waals surface area contributed by atoms with Gasteiger partial charge in [-0.2, -0.15) is 0 Å². The van der Waals surface area contributed by atoms with Crippen LogP contribution in [0.4, 0.5) is 0 Å². The molecular formula is C18H25N3O2. The van der Waals surface area contributed by atoms with Crippen molar-refractivity contribution in [2.24, 2.45) is 4.99 Å².